The number of phenols is 1. The molecule has 0 aromatic heterocycles. The Labute approximate surface area is 124 Å². The van der Waals surface area contributed by atoms with E-state index in [9.17, 15) is 5.11 Å². The minimum Gasteiger partial charge on any atom is -0.506 e. The molecule has 19 heavy (non-hydrogen) atoms. The molecule has 1 fully saturated rings. The van der Waals surface area contributed by atoms with Crippen LogP contribution in [0.25, 0.3) is 0 Å². The van der Waals surface area contributed by atoms with Crippen LogP contribution in [0.1, 0.15) is 18.4 Å². The lowest BCUT2D eigenvalue weighted by atomic mass is 9.98. The van der Waals surface area contributed by atoms with E-state index in [-0.39, 0.29) is 5.75 Å². The lowest BCUT2D eigenvalue weighted by molar-refractivity contribution is 0.206. The Bertz CT molecular complexity index is 440. The summed E-state index contributed by atoms with van der Waals surface area (Å²) in [5.41, 5.74) is 0.752. The van der Waals surface area contributed by atoms with E-state index in [1.165, 1.54) is 19.4 Å². The van der Waals surface area contributed by atoms with Gasteiger partial charge in [-0.1, -0.05) is 23.2 Å². The summed E-state index contributed by atoms with van der Waals surface area (Å²) in [5.74, 6) is 0.801. The highest BCUT2D eigenvalue weighted by Crippen LogP contribution is 2.31. The van der Waals surface area contributed by atoms with Crippen LogP contribution in [-0.4, -0.2) is 36.7 Å². The van der Waals surface area contributed by atoms with Gasteiger partial charge in [-0.25, -0.2) is 0 Å². The number of piperidine rings is 1. The Kier molecular flexibility index (Phi) is 5.34. The van der Waals surface area contributed by atoms with Crippen molar-refractivity contribution in [3.05, 3.63) is 27.7 Å². The fourth-order valence-corrected chi connectivity index (χ4v) is 3.14. The topological polar surface area (TPSA) is 35.5 Å². The van der Waals surface area contributed by atoms with Crippen LogP contribution in [0, 0.1) is 5.92 Å². The molecule has 1 aliphatic heterocycles. The first-order valence-corrected chi connectivity index (χ1v) is 7.38. The van der Waals surface area contributed by atoms with Crippen molar-refractivity contribution in [2.45, 2.75) is 19.4 Å². The quantitative estimate of drug-likeness (QED) is 0.897. The minimum atomic E-state index is 0.124. The van der Waals surface area contributed by atoms with Gasteiger partial charge in [0.05, 0.1) is 5.02 Å². The maximum atomic E-state index is 9.86. The third-order valence-corrected chi connectivity index (χ3v) is 4.08. The van der Waals surface area contributed by atoms with Crippen molar-refractivity contribution in [3.63, 3.8) is 0 Å². The summed E-state index contributed by atoms with van der Waals surface area (Å²) in [6, 6.07) is 3.31. The zero-order chi connectivity index (χ0) is 13.8. The third kappa shape index (κ3) is 4.25. The molecule has 0 spiro atoms. The van der Waals surface area contributed by atoms with Crippen molar-refractivity contribution < 1.29 is 5.11 Å². The molecule has 1 atom stereocenters. The van der Waals surface area contributed by atoms with E-state index >= 15 is 0 Å². The number of nitrogens with zero attached hydrogens (tertiary/aromatic N) is 1. The Morgan fingerprint density at radius 2 is 2.21 bits per heavy atom. The number of rotatable bonds is 4. The molecule has 0 radical (unpaired) electrons. The zero-order valence-corrected chi connectivity index (χ0v) is 12.6. The third-order valence-electron chi connectivity index (χ3n) is 3.58. The summed E-state index contributed by atoms with van der Waals surface area (Å²) in [6.45, 7) is 3.87. The predicted octanol–water partition coefficient (Wildman–Crippen LogP) is 3.13. The van der Waals surface area contributed by atoms with Crippen LogP contribution in [0.4, 0.5) is 0 Å². The van der Waals surface area contributed by atoms with Gasteiger partial charge in [0, 0.05) is 23.7 Å². The number of benzene rings is 1. The summed E-state index contributed by atoms with van der Waals surface area (Å²) < 4.78 is 0. The number of halogens is 2. The summed E-state index contributed by atoms with van der Waals surface area (Å²) in [5, 5.41) is 14.1. The molecule has 1 aromatic rings. The maximum absolute atomic E-state index is 9.86. The van der Waals surface area contributed by atoms with Gasteiger partial charge in [0.25, 0.3) is 0 Å². The highest BCUT2D eigenvalue weighted by Gasteiger charge is 2.16. The average Bonchev–Trinajstić information content (AvgIpc) is 2.35. The number of aromatic hydroxyl groups is 1. The van der Waals surface area contributed by atoms with Crippen LogP contribution < -0.4 is 5.32 Å². The average molecular weight is 303 g/mol. The summed E-state index contributed by atoms with van der Waals surface area (Å²) >= 11 is 11.8. The second-order valence-corrected chi connectivity index (χ2v) is 6.14. The minimum absolute atomic E-state index is 0.124. The zero-order valence-electron chi connectivity index (χ0n) is 11.1. The first-order chi connectivity index (χ1) is 9.06. The van der Waals surface area contributed by atoms with Crippen LogP contribution in [0.5, 0.6) is 5.75 Å². The van der Waals surface area contributed by atoms with Gasteiger partial charge >= 0.3 is 0 Å². The molecule has 2 rings (SSSR count). The van der Waals surface area contributed by atoms with Crippen LogP contribution in [0.3, 0.4) is 0 Å². The molecule has 0 amide bonds. The molecule has 0 bridgehead atoms. The summed E-state index contributed by atoms with van der Waals surface area (Å²) in [7, 11) is 2.16. The lowest BCUT2D eigenvalue weighted by Gasteiger charge is -2.29. The monoisotopic (exact) mass is 302 g/mol. The van der Waals surface area contributed by atoms with Crippen molar-refractivity contribution in [2.24, 2.45) is 5.92 Å². The first-order valence-electron chi connectivity index (χ1n) is 6.62. The summed E-state index contributed by atoms with van der Waals surface area (Å²) in [6.07, 6.45) is 2.52. The Morgan fingerprint density at radius 1 is 1.42 bits per heavy atom. The number of phenolic OH excluding ortho intramolecular Hbond substituents is 1. The van der Waals surface area contributed by atoms with Crippen molar-refractivity contribution in [3.8, 4) is 5.75 Å². The Morgan fingerprint density at radius 3 is 2.95 bits per heavy atom. The molecule has 3 nitrogen and oxygen atoms in total. The predicted molar refractivity (Wildman–Crippen MR) is 80.1 cm³/mol. The Balaban J connectivity index is 1.85. The SMILES string of the molecule is CN1CCCC(CNCc2cc(Cl)cc(Cl)c2O)C1. The molecule has 5 heteroatoms. The van der Waals surface area contributed by atoms with Gasteiger partial charge in [0.2, 0.25) is 0 Å². The molecule has 0 aliphatic carbocycles. The molecule has 1 aliphatic rings. The standard InChI is InChI=1S/C14H20Cl2N2O/c1-18-4-2-3-10(9-18)7-17-8-11-5-12(15)6-13(16)14(11)19/h5-6,10,17,19H,2-4,7-9H2,1H3. The van der Waals surface area contributed by atoms with Crippen LogP contribution in [0.15, 0.2) is 12.1 Å². The van der Waals surface area contributed by atoms with Crippen LogP contribution >= 0.6 is 23.2 Å². The molecule has 1 aromatic carbocycles. The molecule has 1 unspecified atom stereocenters. The second kappa shape index (κ2) is 6.80. The van der Waals surface area contributed by atoms with Gasteiger partial charge in [0.15, 0.2) is 0 Å². The van der Waals surface area contributed by atoms with E-state index in [0.717, 1.165) is 18.7 Å². The van der Waals surface area contributed by atoms with Crippen molar-refractivity contribution in [1.82, 2.24) is 10.2 Å². The van der Waals surface area contributed by atoms with E-state index in [0.29, 0.717) is 22.5 Å². The molecule has 0 saturated carbocycles. The number of hydrogen-bond donors (Lipinski definition) is 2. The fourth-order valence-electron chi connectivity index (χ4n) is 2.60. The smallest absolute Gasteiger partial charge is 0.138 e. The maximum Gasteiger partial charge on any atom is 0.138 e. The largest absolute Gasteiger partial charge is 0.506 e. The number of likely N-dealkylation sites (tertiary alicyclic amines) is 1. The van der Waals surface area contributed by atoms with Gasteiger partial charge in [-0.15, -0.1) is 0 Å². The number of hydrogen-bond acceptors (Lipinski definition) is 3. The van der Waals surface area contributed by atoms with Crippen molar-refractivity contribution >= 4 is 23.2 Å². The molecule has 1 heterocycles. The van der Waals surface area contributed by atoms with Crippen LogP contribution in [-0.2, 0) is 6.54 Å². The van der Waals surface area contributed by atoms with Gasteiger partial charge in [-0.3, -0.25) is 0 Å². The molecular formula is C14H20Cl2N2O. The molecule has 1 saturated heterocycles. The van der Waals surface area contributed by atoms with Gasteiger partial charge < -0.3 is 15.3 Å². The van der Waals surface area contributed by atoms with E-state index < -0.39 is 0 Å². The van der Waals surface area contributed by atoms with Crippen LogP contribution in [0.2, 0.25) is 10.0 Å². The Hall–Kier alpha value is -0.480. The van der Waals surface area contributed by atoms with Gasteiger partial charge in [0.1, 0.15) is 5.75 Å². The molecular weight excluding hydrogens is 283 g/mol. The van der Waals surface area contributed by atoms with Crippen molar-refractivity contribution in [2.75, 3.05) is 26.7 Å². The lowest BCUT2D eigenvalue weighted by Crippen LogP contribution is -2.37. The fraction of sp³-hybridized carbons (Fsp3) is 0.571. The summed E-state index contributed by atoms with van der Waals surface area (Å²) in [4.78, 5) is 2.36. The normalized spacial score (nSPS) is 20.7. The van der Waals surface area contributed by atoms with E-state index in [1.807, 2.05) is 0 Å². The second-order valence-electron chi connectivity index (χ2n) is 5.30. The number of nitrogens with one attached hydrogen (secondary N) is 1. The van der Waals surface area contributed by atoms with Gasteiger partial charge in [-0.05, 0) is 51.0 Å². The van der Waals surface area contributed by atoms with E-state index in [1.54, 1.807) is 12.1 Å². The van der Waals surface area contributed by atoms with Crippen molar-refractivity contribution in [1.29, 1.82) is 0 Å². The first kappa shape index (κ1) is 14.9. The van der Waals surface area contributed by atoms with E-state index in [4.69, 9.17) is 23.2 Å². The highest BCUT2D eigenvalue weighted by atomic mass is 35.5. The molecule has 106 valence electrons. The highest BCUT2D eigenvalue weighted by molar-refractivity contribution is 6.35. The van der Waals surface area contributed by atoms with E-state index in [2.05, 4.69) is 17.3 Å². The molecule has 2 N–H and O–H groups in total. The van der Waals surface area contributed by atoms with Gasteiger partial charge in [-0.2, -0.15) is 0 Å².